The van der Waals surface area contributed by atoms with Gasteiger partial charge in [0.25, 0.3) is 0 Å². The van der Waals surface area contributed by atoms with Crippen LogP contribution in [0.5, 0.6) is 0 Å². The van der Waals surface area contributed by atoms with E-state index in [9.17, 15) is 0 Å². The standard InChI is InChI=1S/C14H28N6S.HI/c1-11(2)9-16-14(15-7-6-8-21-5)17-10-13-19-18-12(3)20(13)4;/h11H,6-10H2,1-5H3,(H2,15,16,17);1H. The van der Waals surface area contributed by atoms with E-state index in [2.05, 4.69) is 45.9 Å². The largest absolute Gasteiger partial charge is 0.356 e. The number of nitrogens with one attached hydrogen (secondary N) is 2. The Morgan fingerprint density at radius 2 is 2.05 bits per heavy atom. The van der Waals surface area contributed by atoms with Gasteiger partial charge in [-0.15, -0.1) is 34.2 Å². The first-order chi connectivity index (χ1) is 10.0. The maximum atomic E-state index is 4.60. The molecule has 0 aliphatic rings. The molecule has 0 spiro atoms. The van der Waals surface area contributed by atoms with Gasteiger partial charge in [0.2, 0.25) is 0 Å². The van der Waals surface area contributed by atoms with Crippen molar-refractivity contribution in [2.45, 2.75) is 33.7 Å². The van der Waals surface area contributed by atoms with E-state index in [0.717, 1.165) is 42.9 Å². The third kappa shape index (κ3) is 8.21. The molecule has 1 heterocycles. The fraction of sp³-hybridized carbons (Fsp3) is 0.786. The number of aliphatic imine (C=N–C) groups is 1. The lowest BCUT2D eigenvalue weighted by molar-refractivity contribution is 0.612. The lowest BCUT2D eigenvalue weighted by Crippen LogP contribution is -2.39. The zero-order chi connectivity index (χ0) is 15.7. The van der Waals surface area contributed by atoms with Gasteiger partial charge < -0.3 is 15.2 Å². The molecule has 1 aromatic heterocycles. The van der Waals surface area contributed by atoms with Crippen LogP contribution < -0.4 is 10.6 Å². The zero-order valence-electron chi connectivity index (χ0n) is 14.2. The van der Waals surface area contributed by atoms with Gasteiger partial charge in [0.15, 0.2) is 11.8 Å². The van der Waals surface area contributed by atoms with Crippen molar-refractivity contribution in [1.29, 1.82) is 0 Å². The molecule has 2 N–H and O–H groups in total. The molecule has 1 rings (SSSR count). The zero-order valence-corrected chi connectivity index (χ0v) is 17.4. The van der Waals surface area contributed by atoms with E-state index in [-0.39, 0.29) is 24.0 Å². The number of rotatable bonds is 8. The van der Waals surface area contributed by atoms with Crippen LogP contribution >= 0.6 is 35.7 Å². The minimum absolute atomic E-state index is 0. The Kier molecular flexibility index (Phi) is 11.7. The molecule has 0 fully saturated rings. The van der Waals surface area contributed by atoms with Crippen molar-refractivity contribution in [3.63, 3.8) is 0 Å². The van der Waals surface area contributed by atoms with Crippen LogP contribution in [-0.2, 0) is 13.6 Å². The van der Waals surface area contributed by atoms with E-state index in [1.165, 1.54) is 0 Å². The first-order valence-electron chi connectivity index (χ1n) is 7.40. The number of hydrogen-bond donors (Lipinski definition) is 2. The normalized spacial score (nSPS) is 11.5. The summed E-state index contributed by atoms with van der Waals surface area (Å²) in [5, 5.41) is 14.9. The summed E-state index contributed by atoms with van der Waals surface area (Å²) in [6.07, 6.45) is 3.26. The van der Waals surface area contributed by atoms with Crippen LogP contribution in [0.2, 0.25) is 0 Å². The Bertz CT molecular complexity index is 447. The molecule has 8 heteroatoms. The monoisotopic (exact) mass is 440 g/mol. The van der Waals surface area contributed by atoms with Crippen molar-refractivity contribution < 1.29 is 0 Å². The van der Waals surface area contributed by atoms with Crippen LogP contribution in [0.15, 0.2) is 4.99 Å². The molecule has 6 nitrogen and oxygen atoms in total. The van der Waals surface area contributed by atoms with Crippen molar-refractivity contribution in [1.82, 2.24) is 25.4 Å². The van der Waals surface area contributed by atoms with E-state index >= 15 is 0 Å². The summed E-state index contributed by atoms with van der Waals surface area (Å²) in [6, 6.07) is 0. The number of halogens is 1. The second kappa shape index (κ2) is 12.0. The van der Waals surface area contributed by atoms with E-state index in [0.29, 0.717) is 12.5 Å². The van der Waals surface area contributed by atoms with E-state index in [1.54, 1.807) is 0 Å². The fourth-order valence-corrected chi connectivity index (χ4v) is 2.07. The molecule has 0 amide bonds. The Morgan fingerprint density at radius 1 is 1.32 bits per heavy atom. The number of nitrogens with zero attached hydrogens (tertiary/aromatic N) is 4. The van der Waals surface area contributed by atoms with E-state index in [1.807, 2.05) is 30.3 Å². The molecule has 0 atom stereocenters. The van der Waals surface area contributed by atoms with Crippen LogP contribution in [0.1, 0.15) is 31.9 Å². The molecule has 0 saturated carbocycles. The molecule has 0 aliphatic heterocycles. The third-order valence-corrected chi connectivity index (χ3v) is 3.75. The molecule has 0 unspecified atom stereocenters. The van der Waals surface area contributed by atoms with Gasteiger partial charge in [-0.3, -0.25) is 0 Å². The van der Waals surface area contributed by atoms with Crippen molar-refractivity contribution in [2.75, 3.05) is 25.1 Å². The van der Waals surface area contributed by atoms with Crippen LogP contribution in [0.25, 0.3) is 0 Å². The second-order valence-corrected chi connectivity index (χ2v) is 6.42. The molecule has 128 valence electrons. The molecule has 22 heavy (non-hydrogen) atoms. The highest BCUT2D eigenvalue weighted by molar-refractivity contribution is 14.0. The average molecular weight is 440 g/mol. The van der Waals surface area contributed by atoms with Crippen molar-refractivity contribution in [3.05, 3.63) is 11.6 Å². The van der Waals surface area contributed by atoms with Gasteiger partial charge >= 0.3 is 0 Å². The van der Waals surface area contributed by atoms with Crippen molar-refractivity contribution >= 4 is 41.7 Å². The quantitative estimate of drug-likeness (QED) is 0.281. The number of guanidine groups is 1. The predicted octanol–water partition coefficient (Wildman–Crippen LogP) is 2.19. The van der Waals surface area contributed by atoms with Gasteiger partial charge in [0.05, 0.1) is 0 Å². The summed E-state index contributed by atoms with van der Waals surface area (Å²) in [4.78, 5) is 4.60. The highest BCUT2D eigenvalue weighted by Crippen LogP contribution is 1.99. The Morgan fingerprint density at radius 3 is 2.59 bits per heavy atom. The Labute approximate surface area is 155 Å². The van der Waals surface area contributed by atoms with Crippen LogP contribution in [0.4, 0.5) is 0 Å². The van der Waals surface area contributed by atoms with Crippen LogP contribution in [0, 0.1) is 12.8 Å². The molecule has 0 saturated heterocycles. The number of aromatic nitrogens is 3. The lowest BCUT2D eigenvalue weighted by Gasteiger charge is -2.14. The highest BCUT2D eigenvalue weighted by Gasteiger charge is 2.05. The summed E-state index contributed by atoms with van der Waals surface area (Å²) in [7, 11) is 1.97. The summed E-state index contributed by atoms with van der Waals surface area (Å²) < 4.78 is 1.97. The fourth-order valence-electron chi connectivity index (χ4n) is 1.64. The molecule has 0 radical (unpaired) electrons. The van der Waals surface area contributed by atoms with Gasteiger partial charge in [-0.25, -0.2) is 4.99 Å². The van der Waals surface area contributed by atoms with Crippen molar-refractivity contribution in [3.8, 4) is 0 Å². The molecular weight excluding hydrogens is 411 g/mol. The first kappa shape index (κ1) is 21.5. The second-order valence-electron chi connectivity index (χ2n) is 5.44. The van der Waals surface area contributed by atoms with Crippen LogP contribution in [-0.4, -0.2) is 45.8 Å². The summed E-state index contributed by atoms with van der Waals surface area (Å²) in [6.45, 7) is 8.69. The molecular formula is C14H29IN6S. The maximum Gasteiger partial charge on any atom is 0.191 e. The van der Waals surface area contributed by atoms with Gasteiger partial charge in [-0.2, -0.15) is 11.8 Å². The minimum atomic E-state index is 0. The Balaban J connectivity index is 0.00000441. The lowest BCUT2D eigenvalue weighted by atomic mass is 10.2. The highest BCUT2D eigenvalue weighted by atomic mass is 127. The summed E-state index contributed by atoms with van der Waals surface area (Å²) in [5.41, 5.74) is 0. The minimum Gasteiger partial charge on any atom is -0.356 e. The van der Waals surface area contributed by atoms with E-state index in [4.69, 9.17) is 0 Å². The predicted molar refractivity (Wildman–Crippen MR) is 106 cm³/mol. The Hall–Kier alpha value is -0.510. The van der Waals surface area contributed by atoms with Gasteiger partial charge in [-0.1, -0.05) is 13.8 Å². The SMILES string of the molecule is CSCCCNC(=NCc1nnc(C)n1C)NCC(C)C.I. The topological polar surface area (TPSA) is 67.1 Å². The van der Waals surface area contributed by atoms with Crippen molar-refractivity contribution in [2.24, 2.45) is 18.0 Å². The first-order valence-corrected chi connectivity index (χ1v) is 8.80. The van der Waals surface area contributed by atoms with Gasteiger partial charge in [0.1, 0.15) is 12.4 Å². The number of thioether (sulfide) groups is 1. The molecule has 0 aliphatic carbocycles. The molecule has 0 aromatic carbocycles. The smallest absolute Gasteiger partial charge is 0.191 e. The average Bonchev–Trinajstić information content (AvgIpc) is 2.77. The summed E-state index contributed by atoms with van der Waals surface area (Å²) in [5.74, 6) is 4.38. The molecule has 1 aromatic rings. The van der Waals surface area contributed by atoms with Crippen LogP contribution in [0.3, 0.4) is 0 Å². The van der Waals surface area contributed by atoms with Gasteiger partial charge in [-0.05, 0) is 31.3 Å². The summed E-state index contributed by atoms with van der Waals surface area (Å²) >= 11 is 1.86. The number of aryl methyl sites for hydroxylation is 1. The molecule has 0 bridgehead atoms. The maximum absolute atomic E-state index is 4.60. The third-order valence-electron chi connectivity index (χ3n) is 3.06. The van der Waals surface area contributed by atoms with Gasteiger partial charge in [0, 0.05) is 20.1 Å². The number of hydrogen-bond acceptors (Lipinski definition) is 4. The van der Waals surface area contributed by atoms with E-state index < -0.39 is 0 Å².